The zero-order valence-corrected chi connectivity index (χ0v) is 13.7. The Labute approximate surface area is 135 Å². The van der Waals surface area contributed by atoms with Crippen molar-refractivity contribution in [1.29, 1.82) is 0 Å². The van der Waals surface area contributed by atoms with Gasteiger partial charge in [-0.25, -0.2) is 17.1 Å². The number of likely N-dealkylation sites (N-methyl/N-ethyl adjacent to an activating group) is 1. The number of halogens is 1. The van der Waals surface area contributed by atoms with Gasteiger partial charge in [-0.2, -0.15) is 0 Å². The van der Waals surface area contributed by atoms with Gasteiger partial charge < -0.3 is 4.74 Å². The molecule has 0 aliphatic rings. The molecule has 2 rings (SSSR count). The van der Waals surface area contributed by atoms with E-state index in [1.54, 1.807) is 19.4 Å². The van der Waals surface area contributed by atoms with Gasteiger partial charge >= 0.3 is 0 Å². The molecule has 0 unspecified atom stereocenters. The van der Waals surface area contributed by atoms with Crippen LogP contribution in [0.3, 0.4) is 0 Å². The van der Waals surface area contributed by atoms with E-state index in [2.05, 4.69) is 4.98 Å². The lowest BCUT2D eigenvalue weighted by molar-refractivity contribution is 0.336. The molecule has 0 aliphatic carbocycles. The zero-order valence-electron chi connectivity index (χ0n) is 12.9. The van der Waals surface area contributed by atoms with Gasteiger partial charge in [-0.3, -0.25) is 4.98 Å². The highest BCUT2D eigenvalue weighted by molar-refractivity contribution is 7.89. The molecule has 23 heavy (non-hydrogen) atoms. The quantitative estimate of drug-likeness (QED) is 0.740. The van der Waals surface area contributed by atoms with Gasteiger partial charge in [-0.05, 0) is 48.4 Å². The van der Waals surface area contributed by atoms with Crippen LogP contribution in [0.2, 0.25) is 0 Å². The van der Waals surface area contributed by atoms with Crippen molar-refractivity contribution in [1.82, 2.24) is 9.29 Å². The van der Waals surface area contributed by atoms with Gasteiger partial charge in [0.05, 0.1) is 5.75 Å². The molecule has 0 atom stereocenters. The molecule has 0 saturated carbocycles. The van der Waals surface area contributed by atoms with E-state index < -0.39 is 10.0 Å². The first-order valence-electron chi connectivity index (χ1n) is 7.19. The van der Waals surface area contributed by atoms with Crippen molar-refractivity contribution in [3.05, 3.63) is 60.2 Å². The Bertz CT molecular complexity index is 706. The van der Waals surface area contributed by atoms with Crippen molar-refractivity contribution in [2.75, 3.05) is 26.0 Å². The Morgan fingerprint density at radius 3 is 2.43 bits per heavy atom. The van der Waals surface area contributed by atoms with E-state index in [9.17, 15) is 12.8 Å². The largest absolute Gasteiger partial charge is 0.492 e. The summed E-state index contributed by atoms with van der Waals surface area (Å²) in [5, 5.41) is 0. The summed E-state index contributed by atoms with van der Waals surface area (Å²) in [6.07, 6.45) is 3.98. The number of pyridine rings is 1. The highest BCUT2D eigenvalue weighted by Crippen LogP contribution is 2.11. The maximum absolute atomic E-state index is 12.8. The van der Waals surface area contributed by atoms with E-state index in [1.807, 2.05) is 12.1 Å². The summed E-state index contributed by atoms with van der Waals surface area (Å²) in [5.41, 5.74) is 1.03. The molecule has 0 fully saturated rings. The van der Waals surface area contributed by atoms with E-state index in [1.165, 1.54) is 28.6 Å². The van der Waals surface area contributed by atoms with Crippen molar-refractivity contribution in [2.24, 2.45) is 0 Å². The predicted octanol–water partition coefficient (Wildman–Crippen LogP) is 2.10. The van der Waals surface area contributed by atoms with E-state index in [0.29, 0.717) is 18.7 Å². The maximum Gasteiger partial charge on any atom is 0.217 e. The predicted molar refractivity (Wildman–Crippen MR) is 86.3 cm³/mol. The Balaban J connectivity index is 1.79. The van der Waals surface area contributed by atoms with Gasteiger partial charge in [0.1, 0.15) is 18.2 Å². The highest BCUT2D eigenvalue weighted by Gasteiger charge is 2.17. The summed E-state index contributed by atoms with van der Waals surface area (Å²) >= 11 is 0. The molecule has 1 aromatic heterocycles. The van der Waals surface area contributed by atoms with Crippen LogP contribution in [0.15, 0.2) is 48.8 Å². The molecule has 0 radical (unpaired) electrons. The molecule has 5 nitrogen and oxygen atoms in total. The molecule has 124 valence electrons. The minimum Gasteiger partial charge on any atom is -0.492 e. The van der Waals surface area contributed by atoms with Crippen LogP contribution in [0, 0.1) is 5.82 Å². The van der Waals surface area contributed by atoms with Crippen LogP contribution in [-0.4, -0.2) is 43.7 Å². The normalized spacial score (nSPS) is 11.6. The molecule has 0 aliphatic heterocycles. The minimum atomic E-state index is -3.39. The van der Waals surface area contributed by atoms with Crippen LogP contribution < -0.4 is 4.74 Å². The first-order valence-corrected chi connectivity index (χ1v) is 8.79. The van der Waals surface area contributed by atoms with E-state index in [-0.39, 0.29) is 18.2 Å². The number of benzene rings is 1. The second-order valence-electron chi connectivity index (χ2n) is 5.05. The third-order valence-electron chi connectivity index (χ3n) is 3.36. The lowest BCUT2D eigenvalue weighted by Crippen LogP contribution is -2.33. The monoisotopic (exact) mass is 338 g/mol. The summed E-state index contributed by atoms with van der Waals surface area (Å²) in [6.45, 7) is 0.413. The number of nitrogens with zero attached hydrogens (tertiary/aromatic N) is 2. The molecular weight excluding hydrogens is 319 g/mol. The molecule has 0 N–H and O–H groups in total. The van der Waals surface area contributed by atoms with Crippen molar-refractivity contribution < 1.29 is 17.5 Å². The molecule has 0 amide bonds. The fourth-order valence-electron chi connectivity index (χ4n) is 1.93. The number of ether oxygens (including phenoxy) is 1. The summed E-state index contributed by atoms with van der Waals surface area (Å²) in [5.74, 6) is -0.0427. The Morgan fingerprint density at radius 2 is 1.78 bits per heavy atom. The standard InChI is InChI=1S/C16H19FN2O3S/c1-19(11-8-14-6-9-18-10-7-14)23(20,21)13-12-22-16-4-2-15(17)3-5-16/h2-7,9-10H,8,11-13H2,1H3. The van der Waals surface area contributed by atoms with Crippen LogP contribution in [0.25, 0.3) is 0 Å². The molecule has 0 saturated heterocycles. The topological polar surface area (TPSA) is 59.5 Å². The molecule has 0 spiro atoms. The lowest BCUT2D eigenvalue weighted by Gasteiger charge is -2.17. The summed E-state index contributed by atoms with van der Waals surface area (Å²) in [6, 6.07) is 9.19. The first kappa shape index (κ1) is 17.4. The third kappa shape index (κ3) is 5.61. The SMILES string of the molecule is CN(CCc1ccncc1)S(=O)(=O)CCOc1ccc(F)cc1. The smallest absolute Gasteiger partial charge is 0.217 e. The van der Waals surface area contributed by atoms with Gasteiger partial charge in [-0.15, -0.1) is 0 Å². The first-order chi connectivity index (χ1) is 11.0. The second-order valence-corrected chi connectivity index (χ2v) is 7.24. The Hall–Kier alpha value is -1.99. The Kier molecular flexibility index (Phi) is 6.06. The molecule has 0 bridgehead atoms. The van der Waals surface area contributed by atoms with Gasteiger partial charge in [0.15, 0.2) is 0 Å². The minimum absolute atomic E-state index is 0.0214. The van der Waals surface area contributed by atoms with Crippen molar-refractivity contribution in [3.8, 4) is 5.75 Å². The molecule has 7 heteroatoms. The highest BCUT2D eigenvalue weighted by atomic mass is 32.2. The maximum atomic E-state index is 12.8. The van der Waals surface area contributed by atoms with Crippen molar-refractivity contribution in [3.63, 3.8) is 0 Å². The average molecular weight is 338 g/mol. The van der Waals surface area contributed by atoms with E-state index >= 15 is 0 Å². The van der Waals surface area contributed by atoms with Crippen LogP contribution in [0.1, 0.15) is 5.56 Å². The number of rotatable bonds is 8. The summed E-state index contributed by atoms with van der Waals surface area (Å²) < 4.78 is 43.8. The van der Waals surface area contributed by atoms with E-state index in [0.717, 1.165) is 5.56 Å². The van der Waals surface area contributed by atoms with Gasteiger partial charge in [-0.1, -0.05) is 0 Å². The van der Waals surface area contributed by atoms with Gasteiger partial charge in [0.2, 0.25) is 10.0 Å². The van der Waals surface area contributed by atoms with Crippen LogP contribution in [0.5, 0.6) is 5.75 Å². The second kappa shape index (κ2) is 8.03. The van der Waals surface area contributed by atoms with Gasteiger partial charge in [0.25, 0.3) is 0 Å². The fourth-order valence-corrected chi connectivity index (χ4v) is 2.90. The van der Waals surface area contributed by atoms with Gasteiger partial charge in [0, 0.05) is 26.0 Å². The lowest BCUT2D eigenvalue weighted by atomic mass is 10.2. The fraction of sp³-hybridized carbons (Fsp3) is 0.312. The van der Waals surface area contributed by atoms with Crippen molar-refractivity contribution in [2.45, 2.75) is 6.42 Å². The van der Waals surface area contributed by atoms with Crippen LogP contribution in [-0.2, 0) is 16.4 Å². The number of hydrogen-bond donors (Lipinski definition) is 0. The molecule has 1 aromatic carbocycles. The van der Waals surface area contributed by atoms with Crippen LogP contribution >= 0.6 is 0 Å². The Morgan fingerprint density at radius 1 is 1.13 bits per heavy atom. The van der Waals surface area contributed by atoms with Crippen molar-refractivity contribution >= 4 is 10.0 Å². The third-order valence-corrected chi connectivity index (χ3v) is 5.18. The number of sulfonamides is 1. The summed E-state index contributed by atoms with van der Waals surface area (Å²) in [4.78, 5) is 3.92. The average Bonchev–Trinajstić information content (AvgIpc) is 2.55. The van der Waals surface area contributed by atoms with Crippen LogP contribution in [0.4, 0.5) is 4.39 Å². The zero-order chi connectivity index (χ0) is 16.7. The number of hydrogen-bond acceptors (Lipinski definition) is 4. The summed E-state index contributed by atoms with van der Waals surface area (Å²) in [7, 11) is -1.84. The molecule has 2 aromatic rings. The molecule has 1 heterocycles. The number of aromatic nitrogens is 1. The van der Waals surface area contributed by atoms with E-state index in [4.69, 9.17) is 4.74 Å². The molecular formula is C16H19FN2O3S.